The number of halogens is 1. The van der Waals surface area contributed by atoms with Crippen LogP contribution in [0.2, 0.25) is 0 Å². The highest BCUT2D eigenvalue weighted by Crippen LogP contribution is 2.35. The summed E-state index contributed by atoms with van der Waals surface area (Å²) in [5.41, 5.74) is 1.81. The predicted octanol–water partition coefficient (Wildman–Crippen LogP) is 4.88. The molecule has 0 aliphatic heterocycles. The summed E-state index contributed by atoms with van der Waals surface area (Å²) in [6, 6.07) is 3.60. The maximum absolute atomic E-state index is 13.9. The van der Waals surface area contributed by atoms with Crippen LogP contribution in [-0.2, 0) is 4.79 Å². The molecule has 3 rings (SSSR count). The minimum Gasteiger partial charge on any atom is -0.443 e. The molecular formula is C19H21FN2O2. The molecule has 1 aromatic heterocycles. The summed E-state index contributed by atoms with van der Waals surface area (Å²) < 4.78 is 19.3. The number of allylic oxidation sites excluding steroid dienone is 1. The van der Waals surface area contributed by atoms with Crippen molar-refractivity contribution in [1.29, 1.82) is 0 Å². The zero-order valence-electron chi connectivity index (χ0n) is 13.7. The summed E-state index contributed by atoms with van der Waals surface area (Å²) in [4.78, 5) is 15.7. The molecule has 1 saturated carbocycles. The van der Waals surface area contributed by atoms with Gasteiger partial charge >= 0.3 is 0 Å². The molecule has 0 bridgehead atoms. The zero-order chi connectivity index (χ0) is 17.2. The average molecular weight is 328 g/mol. The first-order valence-corrected chi connectivity index (χ1v) is 8.15. The molecule has 1 heterocycles. The van der Waals surface area contributed by atoms with Gasteiger partial charge in [0.25, 0.3) is 0 Å². The first-order chi connectivity index (χ1) is 11.5. The third-order valence-corrected chi connectivity index (χ3v) is 4.53. The lowest BCUT2D eigenvalue weighted by Gasteiger charge is -2.29. The lowest BCUT2D eigenvalue weighted by molar-refractivity contribution is -0.111. The molecule has 24 heavy (non-hydrogen) atoms. The third kappa shape index (κ3) is 3.72. The van der Waals surface area contributed by atoms with E-state index in [-0.39, 0.29) is 5.91 Å². The predicted molar refractivity (Wildman–Crippen MR) is 93.3 cm³/mol. The lowest BCUT2D eigenvalue weighted by atomic mass is 9.81. The molecule has 1 fully saturated rings. The fourth-order valence-electron chi connectivity index (χ4n) is 3.06. The van der Waals surface area contributed by atoms with Gasteiger partial charge in [-0.15, -0.1) is 0 Å². The molecule has 5 heteroatoms. The molecule has 0 saturated heterocycles. The van der Waals surface area contributed by atoms with Crippen molar-refractivity contribution in [3.8, 4) is 0 Å². The molecule has 0 radical (unpaired) electrons. The van der Waals surface area contributed by atoms with Gasteiger partial charge < -0.3 is 9.73 Å². The molecular weight excluding hydrogens is 307 g/mol. The van der Waals surface area contributed by atoms with Gasteiger partial charge in [-0.1, -0.05) is 18.7 Å². The number of nitrogens with zero attached hydrogens (tertiary/aromatic N) is 1. The van der Waals surface area contributed by atoms with E-state index in [1.54, 1.807) is 13.0 Å². The number of hydrogen-bond donors (Lipinski definition) is 1. The van der Waals surface area contributed by atoms with Gasteiger partial charge in [0, 0.05) is 11.3 Å². The fourth-order valence-corrected chi connectivity index (χ4v) is 3.06. The van der Waals surface area contributed by atoms with Crippen LogP contribution >= 0.6 is 0 Å². The molecule has 126 valence electrons. The van der Waals surface area contributed by atoms with E-state index in [1.807, 2.05) is 12.1 Å². The largest absolute Gasteiger partial charge is 0.443 e. The van der Waals surface area contributed by atoms with Crippen LogP contribution in [0.1, 0.15) is 38.2 Å². The molecule has 1 aromatic carbocycles. The Balaban J connectivity index is 1.82. The van der Waals surface area contributed by atoms with Crippen molar-refractivity contribution >= 4 is 28.8 Å². The molecule has 0 unspecified atom stereocenters. The van der Waals surface area contributed by atoms with Gasteiger partial charge in [-0.2, -0.15) is 0 Å². The van der Waals surface area contributed by atoms with Gasteiger partial charge in [0.05, 0.1) is 0 Å². The van der Waals surface area contributed by atoms with Gasteiger partial charge in [-0.25, -0.2) is 9.37 Å². The van der Waals surface area contributed by atoms with Crippen LogP contribution in [0.25, 0.3) is 17.2 Å². The van der Waals surface area contributed by atoms with E-state index >= 15 is 0 Å². The van der Waals surface area contributed by atoms with Crippen molar-refractivity contribution in [3.05, 3.63) is 42.8 Å². The summed E-state index contributed by atoms with van der Waals surface area (Å²) in [6.45, 7) is 5.13. The number of nitrogens with one attached hydrogen (secondary N) is 1. The van der Waals surface area contributed by atoms with E-state index in [0.29, 0.717) is 35.5 Å². The average Bonchev–Trinajstić information content (AvgIpc) is 3.02. The topological polar surface area (TPSA) is 55.1 Å². The fraction of sp³-hybridized carbons (Fsp3) is 0.368. The number of hydrogen-bond acceptors (Lipinski definition) is 3. The van der Waals surface area contributed by atoms with Crippen molar-refractivity contribution in [2.24, 2.45) is 5.92 Å². The minimum atomic E-state index is -1.03. The second kappa shape index (κ2) is 6.59. The van der Waals surface area contributed by atoms with Gasteiger partial charge in [-0.05, 0) is 56.7 Å². The molecule has 1 amide bonds. The number of anilines is 1. The quantitative estimate of drug-likeness (QED) is 0.814. The van der Waals surface area contributed by atoms with Crippen molar-refractivity contribution in [2.45, 2.75) is 38.3 Å². The Kier molecular flexibility index (Phi) is 4.51. The first kappa shape index (κ1) is 16.4. The molecule has 1 aliphatic carbocycles. The van der Waals surface area contributed by atoms with Crippen LogP contribution in [0.3, 0.4) is 0 Å². The number of rotatable bonds is 4. The van der Waals surface area contributed by atoms with Crippen LogP contribution in [0.15, 0.2) is 41.7 Å². The highest BCUT2D eigenvalue weighted by atomic mass is 19.1. The Morgan fingerprint density at radius 1 is 1.46 bits per heavy atom. The van der Waals surface area contributed by atoms with Crippen molar-refractivity contribution in [2.75, 3.05) is 5.32 Å². The second-order valence-corrected chi connectivity index (χ2v) is 6.57. The molecule has 2 aromatic rings. The third-order valence-electron chi connectivity index (χ3n) is 4.53. The van der Waals surface area contributed by atoms with Gasteiger partial charge in [-0.3, -0.25) is 4.79 Å². The normalized spacial score (nSPS) is 24.3. The van der Waals surface area contributed by atoms with Crippen molar-refractivity contribution < 1.29 is 13.6 Å². The summed E-state index contributed by atoms with van der Waals surface area (Å²) in [7, 11) is 0. The number of aromatic nitrogens is 1. The maximum Gasteiger partial charge on any atom is 0.247 e. The summed E-state index contributed by atoms with van der Waals surface area (Å²) in [5, 5.41) is 2.74. The Hall–Kier alpha value is -2.43. The molecule has 1 N–H and O–H groups in total. The SMILES string of the molecule is C=CC(=O)Nc1cc(/C=C/C2CCC(C)(F)CC2)c2ocnc2c1. The highest BCUT2D eigenvalue weighted by Gasteiger charge is 2.29. The maximum atomic E-state index is 13.9. The first-order valence-electron chi connectivity index (χ1n) is 8.15. The monoisotopic (exact) mass is 328 g/mol. The number of fused-ring (bicyclic) bond motifs is 1. The van der Waals surface area contributed by atoms with Crippen molar-refractivity contribution in [1.82, 2.24) is 4.98 Å². The van der Waals surface area contributed by atoms with E-state index in [9.17, 15) is 9.18 Å². The second-order valence-electron chi connectivity index (χ2n) is 6.57. The van der Waals surface area contributed by atoms with Gasteiger partial charge in [0.2, 0.25) is 5.91 Å². The van der Waals surface area contributed by atoms with Crippen LogP contribution in [-0.4, -0.2) is 16.6 Å². The lowest BCUT2D eigenvalue weighted by Crippen LogP contribution is -2.25. The standard InChI is InChI=1S/C19H21FN2O2/c1-3-17(23)22-15-10-14(18-16(11-15)21-12-24-18)5-4-13-6-8-19(2,20)9-7-13/h3-5,10-13H,1,6-9H2,2H3,(H,22,23)/b5-4+. The van der Waals surface area contributed by atoms with E-state index in [4.69, 9.17) is 4.42 Å². The van der Waals surface area contributed by atoms with Crippen LogP contribution < -0.4 is 5.32 Å². The molecule has 0 spiro atoms. The number of oxazole rings is 1. The van der Waals surface area contributed by atoms with Crippen LogP contribution in [0.4, 0.5) is 10.1 Å². The van der Waals surface area contributed by atoms with E-state index in [0.717, 1.165) is 18.4 Å². The smallest absolute Gasteiger partial charge is 0.247 e. The number of carbonyl (C=O) groups excluding carboxylic acids is 1. The number of benzene rings is 1. The summed E-state index contributed by atoms with van der Waals surface area (Å²) >= 11 is 0. The van der Waals surface area contributed by atoms with E-state index in [1.165, 1.54) is 12.5 Å². The Morgan fingerprint density at radius 2 is 2.21 bits per heavy atom. The number of amides is 1. The van der Waals surface area contributed by atoms with Crippen LogP contribution in [0, 0.1) is 5.92 Å². The van der Waals surface area contributed by atoms with Gasteiger partial charge in [0.1, 0.15) is 11.2 Å². The molecule has 4 nitrogen and oxygen atoms in total. The molecule has 0 atom stereocenters. The zero-order valence-corrected chi connectivity index (χ0v) is 13.7. The van der Waals surface area contributed by atoms with E-state index in [2.05, 4.69) is 23.0 Å². The highest BCUT2D eigenvalue weighted by molar-refractivity contribution is 6.00. The van der Waals surface area contributed by atoms with Crippen molar-refractivity contribution in [3.63, 3.8) is 0 Å². The summed E-state index contributed by atoms with van der Waals surface area (Å²) in [5.74, 6) is 0.0838. The van der Waals surface area contributed by atoms with E-state index < -0.39 is 5.67 Å². The number of carbonyl (C=O) groups is 1. The molecule has 1 aliphatic rings. The number of alkyl halides is 1. The Bertz CT molecular complexity index is 782. The van der Waals surface area contributed by atoms with Crippen LogP contribution in [0.5, 0.6) is 0 Å². The Morgan fingerprint density at radius 3 is 2.92 bits per heavy atom. The Labute approximate surface area is 140 Å². The minimum absolute atomic E-state index is 0.276. The summed E-state index contributed by atoms with van der Waals surface area (Å²) in [6.07, 6.45) is 9.55. The van der Waals surface area contributed by atoms with Gasteiger partial charge in [0.15, 0.2) is 12.0 Å².